The zero-order chi connectivity index (χ0) is 17.1. The van der Waals surface area contributed by atoms with Crippen molar-refractivity contribution in [2.45, 2.75) is 13.5 Å². The standard InChI is InChI=1S/C17H13F2N3O2/c1-11(23)17-14(19)7-12(18)8-15(17)24-9-16-20-10-21-22(16)13-5-3-2-4-6-13/h2-8,10H,9H2,1H3. The SMILES string of the molecule is CC(=O)c1c(F)cc(F)cc1OCc1ncnn1-c1ccccc1. The van der Waals surface area contributed by atoms with Crippen LogP contribution in [0.4, 0.5) is 8.78 Å². The fraction of sp³-hybridized carbons (Fsp3) is 0.118. The molecular formula is C17H13F2N3O2. The minimum absolute atomic E-state index is 0.0991. The maximum atomic E-state index is 13.8. The molecule has 24 heavy (non-hydrogen) atoms. The number of nitrogens with zero attached hydrogens (tertiary/aromatic N) is 3. The molecule has 3 aromatic rings. The number of carbonyl (C=O) groups excluding carboxylic acids is 1. The third-order valence-corrected chi connectivity index (χ3v) is 3.35. The summed E-state index contributed by atoms with van der Waals surface area (Å²) in [6.45, 7) is 1.09. The molecule has 5 nitrogen and oxygen atoms in total. The first-order chi connectivity index (χ1) is 11.6. The Morgan fingerprint density at radius 2 is 1.96 bits per heavy atom. The number of carbonyl (C=O) groups is 1. The Labute approximate surface area is 136 Å². The minimum Gasteiger partial charge on any atom is -0.485 e. The average Bonchev–Trinajstić information content (AvgIpc) is 3.01. The minimum atomic E-state index is -0.956. The van der Waals surface area contributed by atoms with Crippen LogP contribution < -0.4 is 4.74 Å². The van der Waals surface area contributed by atoms with Crippen molar-refractivity contribution in [1.82, 2.24) is 14.8 Å². The number of rotatable bonds is 5. The molecule has 0 saturated carbocycles. The third-order valence-electron chi connectivity index (χ3n) is 3.35. The van der Waals surface area contributed by atoms with E-state index in [0.717, 1.165) is 11.8 Å². The first kappa shape index (κ1) is 15.8. The van der Waals surface area contributed by atoms with E-state index in [1.54, 1.807) is 4.68 Å². The first-order valence-electron chi connectivity index (χ1n) is 7.13. The van der Waals surface area contributed by atoms with Crippen molar-refractivity contribution in [2.75, 3.05) is 0 Å². The van der Waals surface area contributed by atoms with Crippen LogP contribution in [0.2, 0.25) is 0 Å². The summed E-state index contributed by atoms with van der Waals surface area (Å²) in [4.78, 5) is 15.7. The van der Waals surface area contributed by atoms with E-state index < -0.39 is 17.4 Å². The number of hydrogen-bond acceptors (Lipinski definition) is 4. The third kappa shape index (κ3) is 3.15. The van der Waals surface area contributed by atoms with E-state index in [-0.39, 0.29) is 17.9 Å². The largest absolute Gasteiger partial charge is 0.485 e. The second-order valence-corrected chi connectivity index (χ2v) is 5.03. The molecule has 1 heterocycles. The van der Waals surface area contributed by atoms with Crippen molar-refractivity contribution in [1.29, 1.82) is 0 Å². The van der Waals surface area contributed by atoms with Gasteiger partial charge >= 0.3 is 0 Å². The molecule has 3 rings (SSSR count). The van der Waals surface area contributed by atoms with Gasteiger partial charge in [0, 0.05) is 12.1 Å². The van der Waals surface area contributed by atoms with Gasteiger partial charge in [0.2, 0.25) is 0 Å². The molecule has 0 spiro atoms. The predicted molar refractivity (Wildman–Crippen MR) is 82.1 cm³/mol. The number of benzene rings is 2. The fourth-order valence-corrected chi connectivity index (χ4v) is 2.30. The second kappa shape index (κ2) is 6.57. The zero-order valence-corrected chi connectivity index (χ0v) is 12.7. The Hall–Kier alpha value is -3.09. The van der Waals surface area contributed by atoms with Crippen LogP contribution in [0.3, 0.4) is 0 Å². The molecule has 7 heteroatoms. The van der Waals surface area contributed by atoms with Crippen LogP contribution in [-0.4, -0.2) is 20.5 Å². The van der Waals surface area contributed by atoms with Gasteiger partial charge in [-0.2, -0.15) is 5.10 Å². The molecule has 0 aliphatic carbocycles. The van der Waals surface area contributed by atoms with Crippen molar-refractivity contribution >= 4 is 5.78 Å². The van der Waals surface area contributed by atoms with Crippen molar-refractivity contribution in [3.8, 4) is 11.4 Å². The molecule has 0 aliphatic rings. The van der Waals surface area contributed by atoms with Gasteiger partial charge in [0.05, 0.1) is 11.3 Å². The smallest absolute Gasteiger partial charge is 0.169 e. The van der Waals surface area contributed by atoms with Gasteiger partial charge in [-0.15, -0.1) is 0 Å². The summed E-state index contributed by atoms with van der Waals surface area (Å²) in [6, 6.07) is 10.8. The number of halogens is 2. The van der Waals surface area contributed by atoms with Crippen LogP contribution in [0.15, 0.2) is 48.8 Å². The summed E-state index contributed by atoms with van der Waals surface area (Å²) in [5.74, 6) is -2.06. The molecule has 0 saturated heterocycles. The van der Waals surface area contributed by atoms with E-state index in [1.807, 2.05) is 30.3 Å². The lowest BCUT2D eigenvalue weighted by atomic mass is 10.1. The van der Waals surface area contributed by atoms with Crippen LogP contribution >= 0.6 is 0 Å². The quantitative estimate of drug-likeness (QED) is 0.674. The van der Waals surface area contributed by atoms with Crippen LogP contribution in [0, 0.1) is 11.6 Å². The molecule has 2 aromatic carbocycles. The highest BCUT2D eigenvalue weighted by Crippen LogP contribution is 2.25. The fourth-order valence-electron chi connectivity index (χ4n) is 2.30. The number of ketones is 1. The predicted octanol–water partition coefficient (Wildman–Crippen LogP) is 3.33. The molecule has 122 valence electrons. The summed E-state index contributed by atoms with van der Waals surface area (Å²) < 4.78 is 34.2. The molecule has 0 atom stereocenters. The lowest BCUT2D eigenvalue weighted by Gasteiger charge is -2.11. The number of Topliss-reactive ketones (excluding diaryl/α,β-unsaturated/α-hetero) is 1. The topological polar surface area (TPSA) is 57.0 Å². The average molecular weight is 329 g/mol. The van der Waals surface area contributed by atoms with Crippen molar-refractivity contribution in [3.05, 3.63) is 71.8 Å². The summed E-state index contributed by atoms with van der Waals surface area (Å²) in [5.41, 5.74) is 0.480. The Balaban J connectivity index is 1.88. The number of para-hydroxylation sites is 1. The zero-order valence-electron chi connectivity index (χ0n) is 12.7. The maximum absolute atomic E-state index is 13.8. The van der Waals surface area contributed by atoms with E-state index in [4.69, 9.17) is 4.74 Å². The van der Waals surface area contributed by atoms with Crippen molar-refractivity contribution in [3.63, 3.8) is 0 Å². The van der Waals surface area contributed by atoms with Gasteiger partial charge in [-0.3, -0.25) is 4.79 Å². The molecule has 0 radical (unpaired) electrons. The van der Waals surface area contributed by atoms with Gasteiger partial charge < -0.3 is 4.74 Å². The maximum Gasteiger partial charge on any atom is 0.169 e. The van der Waals surface area contributed by atoms with Crippen LogP contribution in [0.5, 0.6) is 5.75 Å². The molecular weight excluding hydrogens is 316 g/mol. The Morgan fingerprint density at radius 3 is 2.67 bits per heavy atom. The van der Waals surface area contributed by atoms with Crippen molar-refractivity contribution in [2.24, 2.45) is 0 Å². The van der Waals surface area contributed by atoms with E-state index >= 15 is 0 Å². The summed E-state index contributed by atoms with van der Waals surface area (Å²) >= 11 is 0. The van der Waals surface area contributed by atoms with Gasteiger partial charge in [-0.1, -0.05) is 18.2 Å². The monoisotopic (exact) mass is 329 g/mol. The lowest BCUT2D eigenvalue weighted by molar-refractivity contribution is 0.100. The Kier molecular flexibility index (Phi) is 4.33. The van der Waals surface area contributed by atoms with E-state index in [0.29, 0.717) is 11.9 Å². The van der Waals surface area contributed by atoms with Gasteiger partial charge in [-0.05, 0) is 19.1 Å². The van der Waals surface area contributed by atoms with E-state index in [2.05, 4.69) is 10.1 Å². The highest BCUT2D eigenvalue weighted by atomic mass is 19.1. The lowest BCUT2D eigenvalue weighted by Crippen LogP contribution is -2.09. The first-order valence-corrected chi connectivity index (χ1v) is 7.13. The highest BCUT2D eigenvalue weighted by Gasteiger charge is 2.18. The van der Waals surface area contributed by atoms with E-state index in [9.17, 15) is 13.6 Å². The molecule has 0 bridgehead atoms. The summed E-state index contributed by atoms with van der Waals surface area (Å²) in [5, 5.41) is 4.10. The van der Waals surface area contributed by atoms with Crippen LogP contribution in [-0.2, 0) is 6.61 Å². The highest BCUT2D eigenvalue weighted by molar-refractivity contribution is 5.97. The van der Waals surface area contributed by atoms with Crippen molar-refractivity contribution < 1.29 is 18.3 Å². The van der Waals surface area contributed by atoms with E-state index in [1.165, 1.54) is 13.3 Å². The van der Waals surface area contributed by atoms with Gasteiger partial charge in [0.25, 0.3) is 0 Å². The summed E-state index contributed by atoms with van der Waals surface area (Å²) in [7, 11) is 0. The van der Waals surface area contributed by atoms with Crippen LogP contribution in [0.1, 0.15) is 23.1 Å². The van der Waals surface area contributed by atoms with Gasteiger partial charge in [0.1, 0.15) is 30.3 Å². The second-order valence-electron chi connectivity index (χ2n) is 5.03. The molecule has 0 fully saturated rings. The van der Waals surface area contributed by atoms with Crippen LogP contribution in [0.25, 0.3) is 5.69 Å². The number of hydrogen-bond donors (Lipinski definition) is 0. The number of ether oxygens (including phenoxy) is 1. The molecule has 0 unspecified atom stereocenters. The Morgan fingerprint density at radius 1 is 1.21 bits per heavy atom. The van der Waals surface area contributed by atoms with Gasteiger partial charge in [-0.25, -0.2) is 18.4 Å². The molecule has 0 amide bonds. The summed E-state index contributed by atoms with van der Waals surface area (Å²) in [6.07, 6.45) is 1.35. The normalized spacial score (nSPS) is 10.6. The van der Waals surface area contributed by atoms with Gasteiger partial charge in [0.15, 0.2) is 11.6 Å². The molecule has 1 aromatic heterocycles. The molecule has 0 aliphatic heterocycles. The molecule has 0 N–H and O–H groups in total. The Bertz CT molecular complexity index is 879. The number of aromatic nitrogens is 3.